The highest BCUT2D eigenvalue weighted by molar-refractivity contribution is 5.46. The minimum Gasteiger partial charge on any atom is -0.395 e. The number of likely N-dealkylation sites (N-methyl/N-ethyl adjacent to an activating group) is 1. The number of aliphatic hydroxyl groups excluding tert-OH is 1. The summed E-state index contributed by atoms with van der Waals surface area (Å²) < 4.78 is 1.66. The van der Waals surface area contributed by atoms with Gasteiger partial charge in [0.2, 0.25) is 0 Å². The molecule has 0 fully saturated rings. The van der Waals surface area contributed by atoms with Gasteiger partial charge >= 0.3 is 0 Å². The fourth-order valence-electron chi connectivity index (χ4n) is 1.45. The van der Waals surface area contributed by atoms with Crippen molar-refractivity contribution in [3.63, 3.8) is 0 Å². The summed E-state index contributed by atoms with van der Waals surface area (Å²) in [5, 5.41) is 13.0. The van der Waals surface area contributed by atoms with Crippen LogP contribution in [-0.2, 0) is 0 Å². The number of aromatic nitrogens is 4. The van der Waals surface area contributed by atoms with Crippen LogP contribution in [0.15, 0.2) is 12.4 Å². The van der Waals surface area contributed by atoms with Crippen LogP contribution in [0, 0.1) is 6.92 Å². The van der Waals surface area contributed by atoms with Gasteiger partial charge in [-0.3, -0.25) is 0 Å². The van der Waals surface area contributed by atoms with Gasteiger partial charge in [0, 0.05) is 25.4 Å². The van der Waals surface area contributed by atoms with E-state index in [1.807, 2.05) is 24.9 Å². The Labute approximate surface area is 87.2 Å². The van der Waals surface area contributed by atoms with E-state index in [2.05, 4.69) is 15.1 Å². The third-order valence-electron chi connectivity index (χ3n) is 2.19. The number of hydrogen-bond acceptors (Lipinski definition) is 5. The van der Waals surface area contributed by atoms with E-state index in [4.69, 9.17) is 5.11 Å². The van der Waals surface area contributed by atoms with Gasteiger partial charge in [0.1, 0.15) is 12.1 Å². The van der Waals surface area contributed by atoms with Crippen LogP contribution in [0.4, 0.5) is 5.82 Å². The summed E-state index contributed by atoms with van der Waals surface area (Å²) in [6.45, 7) is 2.57. The monoisotopic (exact) mass is 207 g/mol. The molecular formula is C9H13N5O. The van der Waals surface area contributed by atoms with Crippen molar-refractivity contribution in [1.82, 2.24) is 19.6 Å². The maximum absolute atomic E-state index is 8.89. The van der Waals surface area contributed by atoms with Crippen molar-refractivity contribution < 1.29 is 5.11 Å². The average molecular weight is 207 g/mol. The Kier molecular flexibility index (Phi) is 2.51. The highest BCUT2D eigenvalue weighted by Gasteiger charge is 2.08. The van der Waals surface area contributed by atoms with Crippen molar-refractivity contribution in [1.29, 1.82) is 0 Å². The molecule has 0 saturated carbocycles. The van der Waals surface area contributed by atoms with Gasteiger partial charge in [0.05, 0.1) is 6.61 Å². The molecule has 0 radical (unpaired) electrons. The van der Waals surface area contributed by atoms with Gasteiger partial charge in [0.25, 0.3) is 5.78 Å². The van der Waals surface area contributed by atoms with Gasteiger partial charge in [-0.05, 0) is 6.92 Å². The lowest BCUT2D eigenvalue weighted by Gasteiger charge is -2.18. The SMILES string of the molecule is Cc1cc(N(C)CCO)n2ncnc2n1. The Balaban J connectivity index is 2.52. The molecule has 0 atom stereocenters. The van der Waals surface area contributed by atoms with Gasteiger partial charge in [-0.15, -0.1) is 0 Å². The maximum atomic E-state index is 8.89. The summed E-state index contributed by atoms with van der Waals surface area (Å²) in [4.78, 5) is 10.2. The van der Waals surface area contributed by atoms with Crippen LogP contribution in [0.2, 0.25) is 0 Å². The van der Waals surface area contributed by atoms with E-state index in [-0.39, 0.29) is 6.61 Å². The smallest absolute Gasteiger partial charge is 0.254 e. The highest BCUT2D eigenvalue weighted by atomic mass is 16.3. The van der Waals surface area contributed by atoms with Crippen LogP contribution in [0.5, 0.6) is 0 Å². The lowest BCUT2D eigenvalue weighted by molar-refractivity contribution is 0.303. The van der Waals surface area contributed by atoms with Gasteiger partial charge in [-0.1, -0.05) is 0 Å². The molecule has 2 heterocycles. The van der Waals surface area contributed by atoms with Crippen LogP contribution >= 0.6 is 0 Å². The standard InChI is InChI=1S/C9H13N5O/c1-7-5-8(13(2)3-4-15)14-9(12-7)10-6-11-14/h5-6,15H,3-4H2,1-2H3. The molecule has 1 N–H and O–H groups in total. The molecule has 0 bridgehead atoms. The van der Waals surface area contributed by atoms with Gasteiger partial charge in [-0.25, -0.2) is 4.98 Å². The molecule has 0 aliphatic rings. The molecule has 15 heavy (non-hydrogen) atoms. The molecule has 0 saturated heterocycles. The molecule has 2 aromatic heterocycles. The zero-order valence-electron chi connectivity index (χ0n) is 8.75. The molecule has 0 aliphatic heterocycles. The summed E-state index contributed by atoms with van der Waals surface area (Å²) in [7, 11) is 1.89. The molecule has 80 valence electrons. The van der Waals surface area contributed by atoms with Crippen molar-refractivity contribution in [2.24, 2.45) is 0 Å². The number of hydrogen-bond donors (Lipinski definition) is 1. The summed E-state index contributed by atoms with van der Waals surface area (Å²) in [6, 6.07) is 1.91. The van der Waals surface area contributed by atoms with Crippen molar-refractivity contribution >= 4 is 11.6 Å². The van der Waals surface area contributed by atoms with E-state index in [1.54, 1.807) is 4.52 Å². The second-order valence-corrected chi connectivity index (χ2v) is 3.37. The fourth-order valence-corrected chi connectivity index (χ4v) is 1.45. The molecule has 6 nitrogen and oxygen atoms in total. The van der Waals surface area contributed by atoms with Gasteiger partial charge < -0.3 is 10.0 Å². The molecule has 0 amide bonds. The summed E-state index contributed by atoms with van der Waals surface area (Å²) in [6.07, 6.45) is 1.47. The normalized spacial score (nSPS) is 10.9. The number of rotatable bonds is 3. The quantitative estimate of drug-likeness (QED) is 0.759. The van der Waals surface area contributed by atoms with E-state index >= 15 is 0 Å². The van der Waals surface area contributed by atoms with Crippen molar-refractivity contribution in [2.45, 2.75) is 6.92 Å². The molecule has 0 aromatic carbocycles. The first-order valence-electron chi connectivity index (χ1n) is 4.72. The third-order valence-corrected chi connectivity index (χ3v) is 2.19. The molecule has 0 aliphatic carbocycles. The molecular weight excluding hydrogens is 194 g/mol. The minimum absolute atomic E-state index is 0.105. The van der Waals surface area contributed by atoms with E-state index in [9.17, 15) is 0 Å². The largest absolute Gasteiger partial charge is 0.395 e. The molecule has 2 aromatic rings. The van der Waals surface area contributed by atoms with Crippen molar-refractivity contribution in [2.75, 3.05) is 25.1 Å². The topological polar surface area (TPSA) is 66.5 Å². The first-order chi connectivity index (χ1) is 7.22. The van der Waals surface area contributed by atoms with Crippen LogP contribution in [-0.4, -0.2) is 44.9 Å². The maximum Gasteiger partial charge on any atom is 0.254 e. The molecule has 6 heteroatoms. The van der Waals surface area contributed by atoms with Crippen LogP contribution in [0.25, 0.3) is 5.78 Å². The first kappa shape index (κ1) is 9.85. The summed E-state index contributed by atoms with van der Waals surface area (Å²) in [5.41, 5.74) is 0.885. The van der Waals surface area contributed by atoms with Crippen molar-refractivity contribution in [3.8, 4) is 0 Å². The van der Waals surface area contributed by atoms with Crippen molar-refractivity contribution in [3.05, 3.63) is 18.1 Å². The first-order valence-corrected chi connectivity index (χ1v) is 4.72. The second-order valence-electron chi connectivity index (χ2n) is 3.37. The number of fused-ring (bicyclic) bond motifs is 1. The predicted octanol–water partition coefficient (Wildman–Crippen LogP) is -0.139. The number of nitrogens with zero attached hydrogens (tertiary/aromatic N) is 5. The predicted molar refractivity (Wildman–Crippen MR) is 55.9 cm³/mol. The van der Waals surface area contributed by atoms with Gasteiger partial charge in [-0.2, -0.15) is 14.6 Å². The average Bonchev–Trinajstić information content (AvgIpc) is 2.64. The third kappa shape index (κ3) is 1.75. The van der Waals surface area contributed by atoms with E-state index < -0.39 is 0 Å². The Morgan fingerprint density at radius 2 is 2.33 bits per heavy atom. The zero-order chi connectivity index (χ0) is 10.8. The number of anilines is 1. The zero-order valence-corrected chi connectivity index (χ0v) is 8.75. The summed E-state index contributed by atoms with van der Waals surface area (Å²) in [5.74, 6) is 1.46. The van der Waals surface area contributed by atoms with E-state index in [0.717, 1.165) is 11.5 Å². The number of aryl methyl sites for hydroxylation is 1. The lowest BCUT2D eigenvalue weighted by Crippen LogP contribution is -2.24. The Bertz CT molecular complexity index is 466. The Morgan fingerprint density at radius 1 is 1.53 bits per heavy atom. The van der Waals surface area contributed by atoms with Crippen LogP contribution in [0.1, 0.15) is 5.69 Å². The molecule has 0 spiro atoms. The number of aliphatic hydroxyl groups is 1. The van der Waals surface area contributed by atoms with E-state index in [1.165, 1.54) is 6.33 Å². The summed E-state index contributed by atoms with van der Waals surface area (Å²) >= 11 is 0. The Hall–Kier alpha value is -1.69. The van der Waals surface area contributed by atoms with E-state index in [0.29, 0.717) is 12.3 Å². The minimum atomic E-state index is 0.105. The van der Waals surface area contributed by atoms with Crippen LogP contribution in [0.3, 0.4) is 0 Å². The molecule has 2 rings (SSSR count). The van der Waals surface area contributed by atoms with Gasteiger partial charge in [0.15, 0.2) is 0 Å². The second kappa shape index (κ2) is 3.82. The lowest BCUT2D eigenvalue weighted by atomic mass is 10.4. The Morgan fingerprint density at radius 3 is 3.07 bits per heavy atom. The fraction of sp³-hybridized carbons (Fsp3) is 0.444. The van der Waals surface area contributed by atoms with Crippen LogP contribution < -0.4 is 4.90 Å². The molecule has 0 unspecified atom stereocenters. The highest BCUT2D eigenvalue weighted by Crippen LogP contribution is 2.13.